The highest BCUT2D eigenvalue weighted by molar-refractivity contribution is 7.97. The molecule has 0 aliphatic rings. The van der Waals surface area contributed by atoms with Crippen molar-refractivity contribution in [2.45, 2.75) is 6.92 Å². The number of nitrogens with two attached hydrogens (primary N) is 1. The Morgan fingerprint density at radius 2 is 1.68 bits per heavy atom. The molecule has 0 aliphatic heterocycles. The number of amides is 2. The van der Waals surface area contributed by atoms with Gasteiger partial charge >= 0.3 is 0 Å². The van der Waals surface area contributed by atoms with Gasteiger partial charge < -0.3 is 11.1 Å². The van der Waals surface area contributed by atoms with Crippen molar-refractivity contribution in [3.8, 4) is 11.3 Å². The zero-order valence-electron chi connectivity index (χ0n) is 15.4. The van der Waals surface area contributed by atoms with Crippen LogP contribution in [0.3, 0.4) is 0 Å². The highest BCUT2D eigenvalue weighted by atomic mass is 32.2. The Balaban J connectivity index is 1.79. The molecule has 28 heavy (non-hydrogen) atoms. The fourth-order valence-corrected chi connectivity index (χ4v) is 2.78. The lowest BCUT2D eigenvalue weighted by molar-refractivity contribution is 0.0983. The number of carbonyl (C=O) groups excluding carboxylic acids is 2. The van der Waals surface area contributed by atoms with Gasteiger partial charge in [0.2, 0.25) is 0 Å². The van der Waals surface area contributed by atoms with Crippen LogP contribution in [0.4, 0.5) is 11.5 Å². The van der Waals surface area contributed by atoms with E-state index >= 15 is 0 Å². The maximum atomic E-state index is 12.6. The van der Waals surface area contributed by atoms with Crippen molar-refractivity contribution in [1.82, 2.24) is 14.7 Å². The van der Waals surface area contributed by atoms with Crippen LogP contribution in [0.2, 0.25) is 0 Å². The second kappa shape index (κ2) is 8.53. The first-order chi connectivity index (χ1) is 13.5. The number of nitrogens with one attached hydrogen (secondary N) is 2. The lowest BCUT2D eigenvalue weighted by Crippen LogP contribution is -2.18. The second-order valence-corrected chi connectivity index (χ2v) is 6.63. The third-order valence-corrected chi connectivity index (χ3v) is 4.35. The van der Waals surface area contributed by atoms with Crippen LogP contribution in [0.25, 0.3) is 11.3 Å². The van der Waals surface area contributed by atoms with Crippen LogP contribution in [0.1, 0.15) is 26.4 Å². The molecule has 0 bridgehead atoms. The molecule has 0 saturated carbocycles. The molecular formula is C20H19N5O2S. The average Bonchev–Trinajstić information content (AvgIpc) is 2.69. The van der Waals surface area contributed by atoms with E-state index < -0.39 is 5.91 Å². The summed E-state index contributed by atoms with van der Waals surface area (Å²) in [5.74, 6) is -0.629. The molecule has 2 amide bonds. The molecular weight excluding hydrogens is 374 g/mol. The predicted molar refractivity (Wildman–Crippen MR) is 112 cm³/mol. The van der Waals surface area contributed by atoms with Gasteiger partial charge in [-0.15, -0.1) is 0 Å². The first kappa shape index (κ1) is 19.4. The number of aromatic nitrogens is 2. The Kier molecular flexibility index (Phi) is 5.90. The van der Waals surface area contributed by atoms with E-state index in [9.17, 15) is 9.59 Å². The average molecular weight is 393 g/mol. The minimum atomic E-state index is -0.472. The molecule has 7 nitrogen and oxygen atoms in total. The standard InChI is InChI=1S/C20H19N5O2S/c1-12-3-5-13(6-4-12)16-11-22-18(21)17(24-16)20(27)23-15-9-7-14(8-10-15)19(26)25-28-2/h3-11H,1-2H3,(H2,21,22)(H,23,27)(H,25,26). The summed E-state index contributed by atoms with van der Waals surface area (Å²) in [5.41, 5.74) is 9.44. The predicted octanol–water partition coefficient (Wildman–Crippen LogP) is 3.29. The summed E-state index contributed by atoms with van der Waals surface area (Å²) in [4.78, 5) is 32.9. The van der Waals surface area contributed by atoms with E-state index in [1.807, 2.05) is 31.2 Å². The van der Waals surface area contributed by atoms with Crippen LogP contribution in [-0.4, -0.2) is 28.0 Å². The number of aryl methyl sites for hydroxylation is 1. The first-order valence-corrected chi connectivity index (χ1v) is 9.64. The molecule has 2 aromatic carbocycles. The molecule has 0 fully saturated rings. The van der Waals surface area contributed by atoms with Crippen molar-refractivity contribution in [1.29, 1.82) is 0 Å². The highest BCUT2D eigenvalue weighted by Gasteiger charge is 2.15. The third kappa shape index (κ3) is 4.47. The van der Waals surface area contributed by atoms with Gasteiger partial charge in [0, 0.05) is 23.1 Å². The molecule has 0 atom stereocenters. The fourth-order valence-electron chi connectivity index (χ4n) is 2.48. The highest BCUT2D eigenvalue weighted by Crippen LogP contribution is 2.20. The minimum Gasteiger partial charge on any atom is -0.382 e. The normalized spacial score (nSPS) is 10.4. The van der Waals surface area contributed by atoms with Gasteiger partial charge in [-0.2, -0.15) is 0 Å². The Morgan fingerprint density at radius 3 is 2.32 bits per heavy atom. The summed E-state index contributed by atoms with van der Waals surface area (Å²) in [6.07, 6.45) is 3.30. The number of carbonyl (C=O) groups is 2. The van der Waals surface area contributed by atoms with Gasteiger partial charge in [0.15, 0.2) is 11.5 Å². The summed E-state index contributed by atoms with van der Waals surface area (Å²) in [5, 5.41) is 2.73. The number of hydrogen-bond donors (Lipinski definition) is 3. The zero-order valence-corrected chi connectivity index (χ0v) is 16.2. The van der Waals surface area contributed by atoms with Crippen molar-refractivity contribution >= 4 is 35.3 Å². The van der Waals surface area contributed by atoms with Crippen molar-refractivity contribution < 1.29 is 9.59 Å². The quantitative estimate of drug-likeness (QED) is 0.574. The number of rotatable bonds is 5. The van der Waals surface area contributed by atoms with Crippen LogP contribution in [0.15, 0.2) is 54.7 Å². The molecule has 142 valence electrons. The van der Waals surface area contributed by atoms with E-state index in [4.69, 9.17) is 5.73 Å². The van der Waals surface area contributed by atoms with Gasteiger partial charge in [-0.05, 0) is 31.2 Å². The summed E-state index contributed by atoms with van der Waals surface area (Å²) >= 11 is 1.22. The molecule has 0 spiro atoms. The van der Waals surface area contributed by atoms with Gasteiger partial charge in [-0.1, -0.05) is 41.8 Å². The van der Waals surface area contributed by atoms with Gasteiger partial charge in [0.05, 0.1) is 11.9 Å². The van der Waals surface area contributed by atoms with Crippen molar-refractivity contribution in [2.75, 3.05) is 17.3 Å². The summed E-state index contributed by atoms with van der Waals surface area (Å²) < 4.78 is 2.64. The monoisotopic (exact) mass is 393 g/mol. The summed E-state index contributed by atoms with van der Waals surface area (Å²) in [6.45, 7) is 1.99. The Bertz CT molecular complexity index is 1000. The van der Waals surface area contributed by atoms with Crippen LogP contribution >= 0.6 is 11.9 Å². The van der Waals surface area contributed by atoms with E-state index in [0.717, 1.165) is 11.1 Å². The summed E-state index contributed by atoms with van der Waals surface area (Å²) in [7, 11) is 0. The van der Waals surface area contributed by atoms with Crippen LogP contribution in [-0.2, 0) is 0 Å². The Hall–Kier alpha value is -3.39. The van der Waals surface area contributed by atoms with Gasteiger partial charge in [0.1, 0.15) is 0 Å². The number of nitrogen functional groups attached to an aromatic ring is 1. The molecule has 0 aliphatic carbocycles. The number of hydrogen-bond acceptors (Lipinski definition) is 6. The van der Waals surface area contributed by atoms with Crippen LogP contribution < -0.4 is 15.8 Å². The zero-order chi connectivity index (χ0) is 20.1. The van der Waals surface area contributed by atoms with Crippen LogP contribution in [0.5, 0.6) is 0 Å². The molecule has 4 N–H and O–H groups in total. The molecule has 3 rings (SSSR count). The van der Waals surface area contributed by atoms with E-state index in [2.05, 4.69) is 20.0 Å². The molecule has 0 saturated heterocycles. The second-order valence-electron chi connectivity index (χ2n) is 6.02. The van der Waals surface area contributed by atoms with E-state index in [1.165, 1.54) is 18.1 Å². The number of nitrogens with zero attached hydrogens (tertiary/aromatic N) is 2. The lowest BCUT2D eigenvalue weighted by atomic mass is 10.1. The van der Waals surface area contributed by atoms with Crippen molar-refractivity contribution in [3.63, 3.8) is 0 Å². The minimum absolute atomic E-state index is 0.0438. The third-order valence-electron chi connectivity index (χ3n) is 3.96. The van der Waals surface area contributed by atoms with E-state index in [0.29, 0.717) is 16.9 Å². The van der Waals surface area contributed by atoms with Crippen molar-refractivity contribution in [2.24, 2.45) is 0 Å². The number of benzene rings is 2. The number of anilines is 2. The molecule has 0 unspecified atom stereocenters. The molecule has 0 radical (unpaired) electrons. The lowest BCUT2D eigenvalue weighted by Gasteiger charge is -2.09. The van der Waals surface area contributed by atoms with E-state index in [1.54, 1.807) is 30.5 Å². The fraction of sp³-hybridized carbons (Fsp3) is 0.100. The van der Waals surface area contributed by atoms with Gasteiger partial charge in [-0.3, -0.25) is 14.3 Å². The van der Waals surface area contributed by atoms with E-state index in [-0.39, 0.29) is 17.4 Å². The molecule has 1 aromatic heterocycles. The molecule has 8 heteroatoms. The van der Waals surface area contributed by atoms with Gasteiger partial charge in [0.25, 0.3) is 11.8 Å². The van der Waals surface area contributed by atoms with Gasteiger partial charge in [-0.25, -0.2) is 9.97 Å². The topological polar surface area (TPSA) is 110 Å². The molecule has 3 aromatic rings. The van der Waals surface area contributed by atoms with Crippen LogP contribution in [0, 0.1) is 6.92 Å². The SMILES string of the molecule is CSNC(=O)c1ccc(NC(=O)c2nc(-c3ccc(C)cc3)cnc2N)cc1. The Labute approximate surface area is 166 Å². The smallest absolute Gasteiger partial charge is 0.278 e. The maximum absolute atomic E-state index is 12.6. The maximum Gasteiger partial charge on any atom is 0.278 e. The Morgan fingerprint density at radius 1 is 1.00 bits per heavy atom. The molecule has 1 heterocycles. The first-order valence-electron chi connectivity index (χ1n) is 8.42. The van der Waals surface area contributed by atoms with Crippen molar-refractivity contribution in [3.05, 3.63) is 71.5 Å². The summed E-state index contributed by atoms with van der Waals surface area (Å²) in [6, 6.07) is 14.3. The largest absolute Gasteiger partial charge is 0.382 e.